The number of hydrogen-bond donors (Lipinski definition) is 2. The Morgan fingerprint density at radius 1 is 1.43 bits per heavy atom. The van der Waals surface area contributed by atoms with E-state index in [1.165, 1.54) is 12.1 Å². The molecule has 0 fully saturated rings. The number of carboxylic acids is 1. The molecule has 0 bridgehead atoms. The molecule has 2 N–H and O–H groups in total. The summed E-state index contributed by atoms with van der Waals surface area (Å²) in [7, 11) is 0. The fourth-order valence-corrected chi connectivity index (χ4v) is 1.11. The van der Waals surface area contributed by atoms with Crippen LogP contribution in [0, 0.1) is 5.82 Å². The van der Waals surface area contributed by atoms with Crippen molar-refractivity contribution in [2.45, 2.75) is 0 Å². The summed E-state index contributed by atoms with van der Waals surface area (Å²) in [5, 5.41) is 10.3. The van der Waals surface area contributed by atoms with Gasteiger partial charge < -0.3 is 10.4 Å². The van der Waals surface area contributed by atoms with Gasteiger partial charge in [0.2, 0.25) is 0 Å². The zero-order valence-electron chi connectivity index (χ0n) is 6.75. The van der Waals surface area contributed by atoms with Crippen molar-refractivity contribution in [1.29, 1.82) is 0 Å². The number of aliphatic carboxylic acids is 1. The van der Waals surface area contributed by atoms with E-state index in [0.29, 0.717) is 4.47 Å². The van der Waals surface area contributed by atoms with E-state index >= 15 is 0 Å². The summed E-state index contributed by atoms with van der Waals surface area (Å²) in [5.74, 6) is -3.40. The van der Waals surface area contributed by atoms with Crippen LogP contribution in [0.3, 0.4) is 0 Å². The predicted octanol–water partition coefficient (Wildman–Crippen LogP) is 1.61. The molecule has 0 saturated heterocycles. The molecule has 0 unspecified atom stereocenters. The van der Waals surface area contributed by atoms with Crippen molar-refractivity contribution in [3.63, 3.8) is 0 Å². The van der Waals surface area contributed by atoms with Crippen LogP contribution in [0.4, 0.5) is 10.1 Å². The second-order valence-corrected chi connectivity index (χ2v) is 3.24. The first kappa shape index (κ1) is 10.6. The van der Waals surface area contributed by atoms with E-state index in [1.807, 2.05) is 5.32 Å². The molecule has 0 spiro atoms. The summed E-state index contributed by atoms with van der Waals surface area (Å²) in [5.41, 5.74) is 0.0809. The third-order valence-corrected chi connectivity index (χ3v) is 2.06. The van der Waals surface area contributed by atoms with Crippen molar-refractivity contribution in [3.05, 3.63) is 28.5 Å². The zero-order chi connectivity index (χ0) is 10.7. The highest BCUT2D eigenvalue weighted by molar-refractivity contribution is 9.10. The van der Waals surface area contributed by atoms with Crippen molar-refractivity contribution in [3.8, 4) is 0 Å². The second-order valence-electron chi connectivity index (χ2n) is 2.38. The Labute approximate surface area is 86.9 Å². The Hall–Kier alpha value is -1.43. The number of halogens is 2. The number of benzene rings is 1. The molecule has 0 aromatic heterocycles. The fraction of sp³-hybridized carbons (Fsp3) is 0. The SMILES string of the molecule is O=C(O)C(=O)Nc1cc(F)ccc1Br. The summed E-state index contributed by atoms with van der Waals surface area (Å²) in [6.07, 6.45) is 0. The van der Waals surface area contributed by atoms with Crippen LogP contribution in [0.15, 0.2) is 22.7 Å². The lowest BCUT2D eigenvalue weighted by Crippen LogP contribution is -2.22. The van der Waals surface area contributed by atoms with Crippen molar-refractivity contribution in [2.75, 3.05) is 5.32 Å². The number of hydrogen-bond acceptors (Lipinski definition) is 2. The van der Waals surface area contributed by atoms with Crippen LogP contribution in [0.5, 0.6) is 0 Å². The minimum atomic E-state index is -1.62. The van der Waals surface area contributed by atoms with Gasteiger partial charge in [0.15, 0.2) is 0 Å². The zero-order valence-corrected chi connectivity index (χ0v) is 8.34. The van der Waals surface area contributed by atoms with Crippen molar-refractivity contribution in [1.82, 2.24) is 0 Å². The maximum absolute atomic E-state index is 12.7. The van der Waals surface area contributed by atoms with Gasteiger partial charge in [0.1, 0.15) is 5.82 Å². The fourth-order valence-electron chi connectivity index (χ4n) is 0.769. The lowest BCUT2D eigenvalue weighted by atomic mass is 10.3. The Bertz CT molecular complexity index is 394. The Morgan fingerprint density at radius 2 is 2.07 bits per heavy atom. The summed E-state index contributed by atoms with van der Waals surface area (Å²) < 4.78 is 13.1. The quantitative estimate of drug-likeness (QED) is 0.755. The van der Waals surface area contributed by atoms with Gasteiger partial charge in [-0.05, 0) is 34.1 Å². The van der Waals surface area contributed by atoms with E-state index in [4.69, 9.17) is 5.11 Å². The molecule has 74 valence electrons. The van der Waals surface area contributed by atoms with Crippen molar-refractivity contribution >= 4 is 33.5 Å². The van der Waals surface area contributed by atoms with Crippen molar-refractivity contribution < 1.29 is 19.1 Å². The van der Waals surface area contributed by atoms with Crippen LogP contribution in [-0.4, -0.2) is 17.0 Å². The molecule has 0 aliphatic carbocycles. The van der Waals surface area contributed by atoms with Crippen molar-refractivity contribution in [2.24, 2.45) is 0 Å². The van der Waals surface area contributed by atoms with Crippen LogP contribution in [-0.2, 0) is 9.59 Å². The molecule has 14 heavy (non-hydrogen) atoms. The van der Waals surface area contributed by atoms with Gasteiger partial charge in [-0.3, -0.25) is 4.79 Å². The molecular weight excluding hydrogens is 257 g/mol. The Morgan fingerprint density at radius 3 is 2.64 bits per heavy atom. The topological polar surface area (TPSA) is 66.4 Å². The summed E-state index contributed by atoms with van der Waals surface area (Å²) >= 11 is 3.03. The summed E-state index contributed by atoms with van der Waals surface area (Å²) in [6.45, 7) is 0. The molecule has 1 rings (SSSR count). The number of carbonyl (C=O) groups is 2. The molecule has 4 nitrogen and oxygen atoms in total. The summed E-state index contributed by atoms with van der Waals surface area (Å²) in [6, 6.07) is 3.57. The molecule has 1 aromatic rings. The molecular formula is C8H5BrFNO3. The lowest BCUT2D eigenvalue weighted by Gasteiger charge is -2.04. The Balaban J connectivity index is 2.91. The number of anilines is 1. The molecule has 0 aliphatic rings. The van der Waals surface area contributed by atoms with E-state index in [2.05, 4.69) is 15.9 Å². The molecule has 0 aliphatic heterocycles. The third-order valence-electron chi connectivity index (χ3n) is 1.37. The number of carbonyl (C=O) groups excluding carboxylic acids is 1. The van der Waals surface area contributed by atoms with Crippen LogP contribution in [0.1, 0.15) is 0 Å². The first-order valence-corrected chi connectivity index (χ1v) is 4.29. The Kier molecular flexibility index (Phi) is 3.19. The predicted molar refractivity (Wildman–Crippen MR) is 50.4 cm³/mol. The summed E-state index contributed by atoms with van der Waals surface area (Å²) in [4.78, 5) is 20.9. The van der Waals surface area contributed by atoms with Gasteiger partial charge in [-0.2, -0.15) is 0 Å². The van der Waals surface area contributed by atoms with E-state index in [9.17, 15) is 14.0 Å². The number of rotatable bonds is 1. The van der Waals surface area contributed by atoms with Gasteiger partial charge in [-0.25, -0.2) is 9.18 Å². The van der Waals surface area contributed by atoms with Gasteiger partial charge in [-0.1, -0.05) is 0 Å². The van der Waals surface area contributed by atoms with Gasteiger partial charge in [-0.15, -0.1) is 0 Å². The normalized spacial score (nSPS) is 9.57. The first-order chi connectivity index (χ1) is 6.50. The molecule has 0 radical (unpaired) electrons. The highest BCUT2D eigenvalue weighted by Crippen LogP contribution is 2.22. The van der Waals surface area contributed by atoms with Crippen LogP contribution in [0.25, 0.3) is 0 Å². The first-order valence-electron chi connectivity index (χ1n) is 3.50. The number of carboxylic acid groups (broad SMARTS) is 1. The minimum absolute atomic E-state index is 0.0809. The van der Waals surface area contributed by atoms with Crippen LogP contribution in [0.2, 0.25) is 0 Å². The largest absolute Gasteiger partial charge is 0.474 e. The van der Waals surface area contributed by atoms with Gasteiger partial charge in [0.05, 0.1) is 5.69 Å². The molecule has 0 heterocycles. The third kappa shape index (κ3) is 2.53. The highest BCUT2D eigenvalue weighted by Gasteiger charge is 2.13. The molecule has 1 amide bonds. The van der Waals surface area contributed by atoms with Crippen LogP contribution >= 0.6 is 15.9 Å². The van der Waals surface area contributed by atoms with Gasteiger partial charge in [0.25, 0.3) is 0 Å². The molecule has 6 heteroatoms. The van der Waals surface area contributed by atoms with Gasteiger partial charge in [0, 0.05) is 4.47 Å². The maximum Gasteiger partial charge on any atom is 0.394 e. The lowest BCUT2D eigenvalue weighted by molar-refractivity contribution is -0.147. The molecule has 1 aromatic carbocycles. The maximum atomic E-state index is 12.7. The van der Waals surface area contributed by atoms with E-state index in [1.54, 1.807) is 0 Å². The average molecular weight is 262 g/mol. The number of nitrogens with one attached hydrogen (secondary N) is 1. The average Bonchev–Trinajstić information content (AvgIpc) is 2.11. The van der Waals surface area contributed by atoms with E-state index < -0.39 is 17.7 Å². The minimum Gasteiger partial charge on any atom is -0.474 e. The monoisotopic (exact) mass is 261 g/mol. The number of amides is 1. The van der Waals surface area contributed by atoms with Crippen LogP contribution < -0.4 is 5.32 Å². The van der Waals surface area contributed by atoms with E-state index in [-0.39, 0.29) is 5.69 Å². The smallest absolute Gasteiger partial charge is 0.394 e. The second kappa shape index (κ2) is 4.19. The molecule has 0 saturated carbocycles. The van der Waals surface area contributed by atoms with E-state index in [0.717, 1.165) is 6.07 Å². The van der Waals surface area contributed by atoms with Gasteiger partial charge >= 0.3 is 11.9 Å². The molecule has 0 atom stereocenters. The standard InChI is InChI=1S/C8H5BrFNO3/c9-5-2-1-4(10)3-6(5)11-7(12)8(13)14/h1-3H,(H,11,12)(H,13,14). The highest BCUT2D eigenvalue weighted by atomic mass is 79.9.